The van der Waals surface area contributed by atoms with E-state index in [0.29, 0.717) is 28.8 Å². The van der Waals surface area contributed by atoms with Gasteiger partial charge in [-0.25, -0.2) is 13.4 Å². The fourth-order valence-electron chi connectivity index (χ4n) is 4.35. The van der Waals surface area contributed by atoms with Crippen LogP contribution in [-0.4, -0.2) is 25.4 Å². The summed E-state index contributed by atoms with van der Waals surface area (Å²) in [7, 11) is -3.69. The predicted octanol–water partition coefficient (Wildman–Crippen LogP) is 5.61. The Bertz CT molecular complexity index is 1260. The lowest BCUT2D eigenvalue weighted by atomic mass is 9.84. The van der Waals surface area contributed by atoms with Crippen molar-refractivity contribution in [3.05, 3.63) is 78.0 Å². The first kappa shape index (κ1) is 23.4. The number of amides is 1. The van der Waals surface area contributed by atoms with Gasteiger partial charge in [0.1, 0.15) is 5.75 Å². The second-order valence-electron chi connectivity index (χ2n) is 9.27. The van der Waals surface area contributed by atoms with Gasteiger partial charge in [-0.05, 0) is 79.6 Å². The van der Waals surface area contributed by atoms with E-state index < -0.39 is 10.0 Å². The van der Waals surface area contributed by atoms with Gasteiger partial charge in [0, 0.05) is 24.0 Å². The van der Waals surface area contributed by atoms with Crippen molar-refractivity contribution in [1.29, 1.82) is 0 Å². The van der Waals surface area contributed by atoms with E-state index in [2.05, 4.69) is 15.0 Å². The fourth-order valence-corrected chi connectivity index (χ4v) is 5.41. The number of ether oxygens (including phenoxy) is 1. The van der Waals surface area contributed by atoms with E-state index in [9.17, 15) is 13.2 Å². The molecular weight excluding hydrogens is 462 g/mol. The molecule has 2 saturated carbocycles. The molecule has 2 N–H and O–H groups in total. The largest absolute Gasteiger partial charge is 0.439 e. The summed E-state index contributed by atoms with van der Waals surface area (Å²) in [6.45, 7) is 0. The summed E-state index contributed by atoms with van der Waals surface area (Å²) in [6, 6.07) is 17.5. The summed E-state index contributed by atoms with van der Waals surface area (Å²) in [6.07, 6.45) is 9.66. The summed E-state index contributed by atoms with van der Waals surface area (Å²) in [5.74, 6) is 1.25. The first-order valence-electron chi connectivity index (χ1n) is 12.1. The lowest BCUT2D eigenvalue weighted by Gasteiger charge is -2.22. The molecule has 0 spiro atoms. The van der Waals surface area contributed by atoms with E-state index in [4.69, 9.17) is 4.74 Å². The molecular formula is C27H29N3O4S. The van der Waals surface area contributed by atoms with Crippen LogP contribution in [-0.2, 0) is 10.0 Å². The number of hydrogen-bond donors (Lipinski definition) is 2. The van der Waals surface area contributed by atoms with Gasteiger partial charge in [0.25, 0.3) is 15.9 Å². The first-order valence-corrected chi connectivity index (χ1v) is 13.6. The molecule has 2 fully saturated rings. The Morgan fingerprint density at radius 3 is 2.20 bits per heavy atom. The maximum absolute atomic E-state index is 12.8. The summed E-state index contributed by atoms with van der Waals surface area (Å²) >= 11 is 0. The average molecular weight is 492 g/mol. The van der Waals surface area contributed by atoms with E-state index in [1.807, 2.05) is 12.1 Å². The molecule has 1 heterocycles. The van der Waals surface area contributed by atoms with Gasteiger partial charge in [-0.15, -0.1) is 0 Å². The molecule has 5 rings (SSSR count). The fraction of sp³-hybridized carbons (Fsp3) is 0.333. The minimum atomic E-state index is -3.69. The zero-order chi connectivity index (χ0) is 24.3. The molecule has 0 unspecified atom stereocenters. The molecule has 0 atom stereocenters. The molecule has 2 aliphatic carbocycles. The van der Waals surface area contributed by atoms with Gasteiger partial charge < -0.3 is 10.1 Å². The summed E-state index contributed by atoms with van der Waals surface area (Å²) in [4.78, 5) is 16.5. The number of aromatic nitrogens is 1. The summed E-state index contributed by atoms with van der Waals surface area (Å²) in [5.41, 5.74) is 2.14. The number of sulfonamides is 1. The van der Waals surface area contributed by atoms with Crippen LogP contribution in [0.4, 0.5) is 5.69 Å². The van der Waals surface area contributed by atoms with Crippen LogP contribution in [0.5, 0.6) is 11.6 Å². The van der Waals surface area contributed by atoms with Crippen molar-refractivity contribution >= 4 is 21.6 Å². The van der Waals surface area contributed by atoms with E-state index >= 15 is 0 Å². The lowest BCUT2D eigenvalue weighted by Crippen LogP contribution is -2.25. The highest BCUT2D eigenvalue weighted by Gasteiger charge is 2.24. The molecule has 7 nitrogen and oxygen atoms in total. The SMILES string of the molecule is O=C(NC1CC1)c1ccc(Oc2ccc(NS(=O)(=O)c3ccc(C4CCCCC4)cc3)cc2)nc1. The van der Waals surface area contributed by atoms with Gasteiger partial charge >= 0.3 is 0 Å². The number of carbonyl (C=O) groups is 1. The van der Waals surface area contributed by atoms with Gasteiger partial charge in [-0.1, -0.05) is 31.4 Å². The van der Waals surface area contributed by atoms with E-state index in [0.717, 1.165) is 12.8 Å². The van der Waals surface area contributed by atoms with Crippen LogP contribution in [0.25, 0.3) is 0 Å². The van der Waals surface area contributed by atoms with Crippen molar-refractivity contribution in [2.75, 3.05) is 4.72 Å². The maximum Gasteiger partial charge on any atom is 0.261 e. The van der Waals surface area contributed by atoms with Crippen LogP contribution in [0.2, 0.25) is 0 Å². The topological polar surface area (TPSA) is 97.4 Å². The number of carbonyl (C=O) groups excluding carboxylic acids is 1. The standard InChI is InChI=1S/C27H29N3O4S/c31-27(29-22-9-10-22)21-8-17-26(28-18-21)34-24-13-11-23(12-14-24)30-35(32,33)25-15-6-20(7-16-25)19-4-2-1-3-5-19/h6-8,11-19,22,30H,1-5,9-10H2,(H,29,31). The maximum atomic E-state index is 12.8. The lowest BCUT2D eigenvalue weighted by molar-refractivity contribution is 0.0950. The highest BCUT2D eigenvalue weighted by molar-refractivity contribution is 7.92. The average Bonchev–Trinajstić information content (AvgIpc) is 3.70. The van der Waals surface area contributed by atoms with Crippen LogP contribution >= 0.6 is 0 Å². The summed E-state index contributed by atoms with van der Waals surface area (Å²) in [5, 5.41) is 2.92. The number of rotatable bonds is 8. The predicted molar refractivity (Wildman–Crippen MR) is 134 cm³/mol. The Kier molecular flexibility index (Phi) is 6.72. The van der Waals surface area contributed by atoms with Crippen molar-refractivity contribution in [2.45, 2.75) is 61.8 Å². The zero-order valence-corrected chi connectivity index (χ0v) is 20.3. The van der Waals surface area contributed by atoms with Crippen molar-refractivity contribution in [3.63, 3.8) is 0 Å². The minimum absolute atomic E-state index is 0.133. The van der Waals surface area contributed by atoms with Crippen LogP contribution in [0.15, 0.2) is 71.8 Å². The van der Waals surface area contributed by atoms with Crippen LogP contribution in [0.3, 0.4) is 0 Å². The van der Waals surface area contributed by atoms with Gasteiger partial charge in [-0.3, -0.25) is 9.52 Å². The Morgan fingerprint density at radius 1 is 0.857 bits per heavy atom. The molecule has 1 aromatic heterocycles. The van der Waals surface area contributed by atoms with Crippen LogP contribution in [0, 0.1) is 0 Å². The minimum Gasteiger partial charge on any atom is -0.439 e. The van der Waals surface area contributed by atoms with Gasteiger partial charge in [0.2, 0.25) is 5.88 Å². The van der Waals surface area contributed by atoms with E-state index in [-0.39, 0.29) is 16.8 Å². The smallest absolute Gasteiger partial charge is 0.261 e. The molecule has 2 aromatic carbocycles. The second-order valence-corrected chi connectivity index (χ2v) is 11.0. The first-order chi connectivity index (χ1) is 17.0. The Balaban J connectivity index is 1.18. The third-order valence-electron chi connectivity index (χ3n) is 6.51. The Labute approximate surface area is 206 Å². The van der Waals surface area contributed by atoms with E-state index in [1.54, 1.807) is 48.5 Å². The summed E-state index contributed by atoms with van der Waals surface area (Å²) < 4.78 is 34.0. The molecule has 3 aromatic rings. The van der Waals surface area contributed by atoms with Crippen LogP contribution in [0.1, 0.15) is 66.8 Å². The monoisotopic (exact) mass is 491 g/mol. The molecule has 8 heteroatoms. The highest BCUT2D eigenvalue weighted by atomic mass is 32.2. The molecule has 1 amide bonds. The molecule has 35 heavy (non-hydrogen) atoms. The highest BCUT2D eigenvalue weighted by Crippen LogP contribution is 2.33. The number of pyridine rings is 1. The van der Waals surface area contributed by atoms with Gasteiger partial charge in [-0.2, -0.15) is 0 Å². The molecule has 0 bridgehead atoms. The zero-order valence-electron chi connectivity index (χ0n) is 19.4. The number of benzene rings is 2. The molecule has 182 valence electrons. The second kappa shape index (κ2) is 10.1. The van der Waals surface area contributed by atoms with Crippen LogP contribution < -0.4 is 14.8 Å². The van der Waals surface area contributed by atoms with Crippen molar-refractivity contribution in [2.24, 2.45) is 0 Å². The number of hydrogen-bond acceptors (Lipinski definition) is 5. The van der Waals surface area contributed by atoms with Crippen molar-refractivity contribution in [1.82, 2.24) is 10.3 Å². The quantitative estimate of drug-likeness (QED) is 0.427. The van der Waals surface area contributed by atoms with Crippen molar-refractivity contribution in [3.8, 4) is 11.6 Å². The molecule has 0 aliphatic heterocycles. The number of anilines is 1. The molecule has 2 aliphatic rings. The third kappa shape index (κ3) is 6.00. The van der Waals surface area contributed by atoms with E-state index in [1.165, 1.54) is 43.9 Å². The van der Waals surface area contributed by atoms with Gasteiger partial charge in [0.05, 0.1) is 10.5 Å². The number of nitrogens with zero attached hydrogens (tertiary/aromatic N) is 1. The molecule has 0 saturated heterocycles. The Morgan fingerprint density at radius 2 is 1.57 bits per heavy atom. The molecule has 0 radical (unpaired) electrons. The normalized spacial score (nSPS) is 16.5. The third-order valence-corrected chi connectivity index (χ3v) is 7.90. The van der Waals surface area contributed by atoms with Crippen molar-refractivity contribution < 1.29 is 17.9 Å². The number of nitrogens with one attached hydrogen (secondary N) is 2. The van der Waals surface area contributed by atoms with Gasteiger partial charge in [0.15, 0.2) is 0 Å². The Hall–Kier alpha value is -3.39.